The molecular formula is C19H17F3N2O3S. The van der Waals surface area contributed by atoms with Crippen molar-refractivity contribution in [1.29, 1.82) is 0 Å². The summed E-state index contributed by atoms with van der Waals surface area (Å²) in [4.78, 5) is 12.8. The number of hydrogen-bond donors (Lipinski definition) is 0. The number of esters is 1. The van der Waals surface area contributed by atoms with Crippen LogP contribution in [0.3, 0.4) is 0 Å². The fourth-order valence-electron chi connectivity index (χ4n) is 2.61. The van der Waals surface area contributed by atoms with Crippen molar-refractivity contribution < 1.29 is 27.1 Å². The molecule has 148 valence electrons. The molecule has 0 saturated heterocycles. The van der Waals surface area contributed by atoms with E-state index in [-0.39, 0.29) is 18.1 Å². The van der Waals surface area contributed by atoms with Crippen LogP contribution in [0.25, 0.3) is 22.8 Å². The van der Waals surface area contributed by atoms with Gasteiger partial charge in [-0.3, -0.25) is 4.79 Å². The number of ether oxygens (including phenoxy) is 1. The van der Waals surface area contributed by atoms with Gasteiger partial charge in [-0.25, -0.2) is 4.68 Å². The molecule has 28 heavy (non-hydrogen) atoms. The van der Waals surface area contributed by atoms with Crippen molar-refractivity contribution in [3.8, 4) is 22.8 Å². The predicted octanol–water partition coefficient (Wildman–Crippen LogP) is 5.11. The van der Waals surface area contributed by atoms with E-state index < -0.39 is 24.4 Å². The Kier molecular flexibility index (Phi) is 5.83. The molecule has 2 aromatic heterocycles. The second kappa shape index (κ2) is 8.14. The molecule has 0 aliphatic carbocycles. The third-order valence-corrected chi connectivity index (χ3v) is 4.59. The first-order valence-electron chi connectivity index (χ1n) is 8.37. The Morgan fingerprint density at radius 3 is 2.64 bits per heavy atom. The van der Waals surface area contributed by atoms with Crippen LogP contribution in [-0.2, 0) is 22.3 Å². The summed E-state index contributed by atoms with van der Waals surface area (Å²) in [6.45, 7) is 1.29. The van der Waals surface area contributed by atoms with E-state index >= 15 is 0 Å². The average molecular weight is 410 g/mol. The van der Waals surface area contributed by atoms with Crippen LogP contribution in [0.2, 0.25) is 0 Å². The molecular weight excluding hydrogens is 393 g/mol. The van der Waals surface area contributed by atoms with Gasteiger partial charge in [0.25, 0.3) is 0 Å². The van der Waals surface area contributed by atoms with Crippen molar-refractivity contribution in [3.05, 3.63) is 48.2 Å². The number of thioether (sulfide) groups is 1. The highest BCUT2D eigenvalue weighted by Crippen LogP contribution is 2.34. The van der Waals surface area contributed by atoms with E-state index in [1.807, 2.05) is 30.5 Å². The fraction of sp³-hybridized carbons (Fsp3) is 0.263. The van der Waals surface area contributed by atoms with Crippen molar-refractivity contribution in [2.45, 2.75) is 24.5 Å². The normalized spacial score (nSPS) is 11.6. The number of aromatic nitrogens is 2. The highest BCUT2D eigenvalue weighted by molar-refractivity contribution is 7.98. The minimum Gasteiger partial charge on any atom is -0.465 e. The zero-order valence-corrected chi connectivity index (χ0v) is 15.9. The maximum absolute atomic E-state index is 13.1. The molecule has 0 spiro atoms. The van der Waals surface area contributed by atoms with E-state index in [2.05, 4.69) is 5.10 Å². The van der Waals surface area contributed by atoms with Gasteiger partial charge in [-0.2, -0.15) is 18.3 Å². The molecule has 0 aliphatic heterocycles. The number of nitrogens with zero attached hydrogens (tertiary/aromatic N) is 2. The fourth-order valence-corrected chi connectivity index (χ4v) is 3.07. The number of benzene rings is 1. The van der Waals surface area contributed by atoms with Gasteiger partial charge in [0.15, 0.2) is 11.5 Å². The van der Waals surface area contributed by atoms with Gasteiger partial charge in [0.2, 0.25) is 0 Å². The van der Waals surface area contributed by atoms with Gasteiger partial charge in [0, 0.05) is 10.5 Å². The molecule has 9 heteroatoms. The molecule has 0 unspecified atom stereocenters. The number of carbonyl (C=O) groups excluding carboxylic acids is 1. The van der Waals surface area contributed by atoms with Gasteiger partial charge in [0.1, 0.15) is 18.0 Å². The molecule has 2 heterocycles. The predicted molar refractivity (Wildman–Crippen MR) is 98.8 cm³/mol. The molecule has 3 rings (SSSR count). The van der Waals surface area contributed by atoms with Gasteiger partial charge in [0.05, 0.1) is 6.61 Å². The van der Waals surface area contributed by atoms with Crippen LogP contribution in [0.4, 0.5) is 13.2 Å². The van der Waals surface area contributed by atoms with Crippen molar-refractivity contribution in [2.24, 2.45) is 0 Å². The quantitative estimate of drug-likeness (QED) is 0.417. The Morgan fingerprint density at radius 1 is 1.21 bits per heavy atom. The lowest BCUT2D eigenvalue weighted by molar-refractivity contribution is -0.146. The Balaban J connectivity index is 1.99. The Hall–Kier alpha value is -2.68. The van der Waals surface area contributed by atoms with Crippen LogP contribution in [0.15, 0.2) is 51.8 Å². The third kappa shape index (κ3) is 4.41. The Bertz CT molecular complexity index is 979. The van der Waals surface area contributed by atoms with Gasteiger partial charge in [-0.15, -0.1) is 11.8 Å². The smallest absolute Gasteiger partial charge is 0.435 e. The van der Waals surface area contributed by atoms with Crippen LogP contribution in [-0.4, -0.2) is 28.6 Å². The zero-order valence-electron chi connectivity index (χ0n) is 15.1. The summed E-state index contributed by atoms with van der Waals surface area (Å²) in [5.74, 6) is 0.000206. The summed E-state index contributed by atoms with van der Waals surface area (Å²) >= 11 is 1.57. The molecule has 0 aliphatic rings. The van der Waals surface area contributed by atoms with Gasteiger partial charge in [-0.05, 0) is 43.5 Å². The lowest BCUT2D eigenvalue weighted by atomic mass is 10.2. The largest absolute Gasteiger partial charge is 0.465 e. The van der Waals surface area contributed by atoms with E-state index in [9.17, 15) is 18.0 Å². The number of alkyl halides is 3. The number of carbonyl (C=O) groups is 1. The minimum atomic E-state index is -4.64. The van der Waals surface area contributed by atoms with Crippen LogP contribution in [0.1, 0.15) is 12.6 Å². The summed E-state index contributed by atoms with van der Waals surface area (Å²) in [5, 5.41) is 3.52. The minimum absolute atomic E-state index is 0.0487. The molecule has 0 amide bonds. The van der Waals surface area contributed by atoms with Crippen LogP contribution < -0.4 is 0 Å². The van der Waals surface area contributed by atoms with Gasteiger partial charge in [-0.1, -0.05) is 12.1 Å². The third-order valence-electron chi connectivity index (χ3n) is 3.87. The van der Waals surface area contributed by atoms with Crippen LogP contribution in [0, 0.1) is 0 Å². The molecule has 5 nitrogen and oxygen atoms in total. The van der Waals surface area contributed by atoms with Crippen molar-refractivity contribution in [3.63, 3.8) is 0 Å². The summed E-state index contributed by atoms with van der Waals surface area (Å²) in [5.41, 5.74) is -0.257. The SMILES string of the molecule is CCOC(=O)Cn1nc(C(F)(F)F)cc1-c1ccc(-c2cccc(SC)c2)o1. The van der Waals surface area contributed by atoms with E-state index in [0.29, 0.717) is 5.76 Å². The summed E-state index contributed by atoms with van der Waals surface area (Å²) < 4.78 is 50.9. The topological polar surface area (TPSA) is 57.3 Å². The number of halogens is 3. The summed E-state index contributed by atoms with van der Waals surface area (Å²) in [6, 6.07) is 11.7. The van der Waals surface area contributed by atoms with Gasteiger partial charge < -0.3 is 9.15 Å². The maximum atomic E-state index is 13.1. The second-order valence-electron chi connectivity index (χ2n) is 5.77. The van der Waals surface area contributed by atoms with Crippen LogP contribution in [0.5, 0.6) is 0 Å². The van der Waals surface area contributed by atoms with E-state index in [1.165, 1.54) is 0 Å². The van der Waals surface area contributed by atoms with Gasteiger partial charge >= 0.3 is 12.1 Å². The summed E-state index contributed by atoms with van der Waals surface area (Å²) in [7, 11) is 0. The molecule has 0 fully saturated rings. The number of hydrogen-bond acceptors (Lipinski definition) is 5. The number of rotatable bonds is 6. The second-order valence-corrected chi connectivity index (χ2v) is 6.65. The zero-order chi connectivity index (χ0) is 20.3. The van der Waals surface area contributed by atoms with E-state index in [1.54, 1.807) is 30.8 Å². The standard InChI is InChI=1S/C19H17F3N2O3S/c1-3-26-18(25)11-24-14(10-17(23-24)19(20,21)22)16-8-7-15(27-16)12-5-4-6-13(9-12)28-2/h4-10H,3,11H2,1-2H3. The molecule has 0 bridgehead atoms. The highest BCUT2D eigenvalue weighted by atomic mass is 32.2. The molecule has 1 aromatic carbocycles. The first kappa shape index (κ1) is 20.1. The van der Waals surface area contributed by atoms with E-state index in [0.717, 1.165) is 21.2 Å². The Labute approximate surface area is 163 Å². The lowest BCUT2D eigenvalue weighted by Gasteiger charge is -2.05. The first-order chi connectivity index (χ1) is 13.3. The van der Waals surface area contributed by atoms with Crippen molar-refractivity contribution in [1.82, 2.24) is 9.78 Å². The summed E-state index contributed by atoms with van der Waals surface area (Å²) in [6.07, 6.45) is -2.70. The van der Waals surface area contributed by atoms with Crippen molar-refractivity contribution in [2.75, 3.05) is 12.9 Å². The van der Waals surface area contributed by atoms with Crippen molar-refractivity contribution >= 4 is 17.7 Å². The Morgan fingerprint density at radius 2 is 1.96 bits per heavy atom. The number of furan rings is 1. The van der Waals surface area contributed by atoms with Crippen LogP contribution >= 0.6 is 11.8 Å². The molecule has 0 saturated carbocycles. The average Bonchev–Trinajstić information content (AvgIpc) is 3.28. The molecule has 0 radical (unpaired) electrons. The maximum Gasteiger partial charge on any atom is 0.435 e. The highest BCUT2D eigenvalue weighted by Gasteiger charge is 2.35. The molecule has 0 atom stereocenters. The molecule has 3 aromatic rings. The first-order valence-corrected chi connectivity index (χ1v) is 9.59. The monoisotopic (exact) mass is 410 g/mol. The lowest BCUT2D eigenvalue weighted by Crippen LogP contribution is -2.16. The van der Waals surface area contributed by atoms with E-state index in [4.69, 9.17) is 9.15 Å². The molecule has 0 N–H and O–H groups in total.